The fourth-order valence-corrected chi connectivity index (χ4v) is 1.90. The van der Waals surface area contributed by atoms with Crippen LogP contribution >= 0.6 is 15.9 Å². The highest BCUT2D eigenvalue weighted by Gasteiger charge is 2.11. The highest BCUT2D eigenvalue weighted by atomic mass is 79.9. The Labute approximate surface area is 109 Å². The Morgan fingerprint density at radius 1 is 1.47 bits per heavy atom. The molecule has 0 saturated carbocycles. The van der Waals surface area contributed by atoms with Gasteiger partial charge in [0, 0.05) is 24.7 Å². The van der Waals surface area contributed by atoms with Gasteiger partial charge in [-0.3, -0.25) is 9.69 Å². The van der Waals surface area contributed by atoms with Gasteiger partial charge in [-0.15, -0.1) is 0 Å². The predicted molar refractivity (Wildman–Crippen MR) is 68.9 cm³/mol. The van der Waals surface area contributed by atoms with Gasteiger partial charge in [0.1, 0.15) is 0 Å². The molecule has 0 spiro atoms. The van der Waals surface area contributed by atoms with Gasteiger partial charge in [-0.2, -0.15) is 0 Å². The molecule has 1 rings (SSSR count). The molecular formula is C12H16BrNO3. The van der Waals surface area contributed by atoms with E-state index in [0.29, 0.717) is 19.7 Å². The lowest BCUT2D eigenvalue weighted by molar-refractivity contribution is -0.138. The molecule has 1 aromatic rings. The van der Waals surface area contributed by atoms with Gasteiger partial charge in [-0.25, -0.2) is 0 Å². The second kappa shape index (κ2) is 7.42. The number of hydrogen-bond donors (Lipinski definition) is 1. The fourth-order valence-electron chi connectivity index (χ4n) is 1.49. The molecule has 0 heterocycles. The third-order valence-electron chi connectivity index (χ3n) is 2.32. The van der Waals surface area contributed by atoms with E-state index in [1.165, 1.54) is 0 Å². The number of methoxy groups -OCH3 is 1. The number of nitrogens with zero attached hydrogens (tertiary/aromatic N) is 1. The molecule has 5 heteroatoms. The summed E-state index contributed by atoms with van der Waals surface area (Å²) in [5, 5.41) is 8.84. The second-order valence-electron chi connectivity index (χ2n) is 3.69. The van der Waals surface area contributed by atoms with Gasteiger partial charge < -0.3 is 9.84 Å². The lowest BCUT2D eigenvalue weighted by atomic mass is 10.2. The normalized spacial score (nSPS) is 10.8. The third kappa shape index (κ3) is 5.30. The Morgan fingerprint density at radius 3 is 2.76 bits per heavy atom. The molecule has 0 fully saturated rings. The van der Waals surface area contributed by atoms with Crippen LogP contribution in [0.15, 0.2) is 28.7 Å². The fraction of sp³-hybridized carbons (Fsp3) is 0.417. The van der Waals surface area contributed by atoms with Crippen LogP contribution < -0.4 is 0 Å². The van der Waals surface area contributed by atoms with Gasteiger partial charge in [0.25, 0.3) is 0 Å². The Hall–Kier alpha value is -0.910. The summed E-state index contributed by atoms with van der Waals surface area (Å²) in [6.07, 6.45) is 0. The Kier molecular flexibility index (Phi) is 6.18. The summed E-state index contributed by atoms with van der Waals surface area (Å²) in [4.78, 5) is 12.6. The Morgan fingerprint density at radius 2 is 2.18 bits per heavy atom. The van der Waals surface area contributed by atoms with E-state index in [1.54, 1.807) is 7.11 Å². The lowest BCUT2D eigenvalue weighted by Crippen LogP contribution is -2.32. The Balaban J connectivity index is 2.64. The summed E-state index contributed by atoms with van der Waals surface area (Å²) in [6, 6.07) is 7.80. The van der Waals surface area contributed by atoms with Gasteiger partial charge >= 0.3 is 5.97 Å². The smallest absolute Gasteiger partial charge is 0.317 e. The SMILES string of the molecule is COCCN(CC(=O)O)Cc1ccccc1Br. The van der Waals surface area contributed by atoms with Crippen LogP contribution in [0.5, 0.6) is 0 Å². The van der Waals surface area contributed by atoms with Crippen molar-refractivity contribution in [2.45, 2.75) is 6.54 Å². The maximum atomic E-state index is 10.8. The number of aliphatic carboxylic acids is 1. The molecule has 0 radical (unpaired) electrons. The number of carboxylic acids is 1. The first kappa shape index (κ1) is 14.2. The molecule has 94 valence electrons. The minimum atomic E-state index is -0.826. The van der Waals surface area contributed by atoms with Gasteiger partial charge in [0.15, 0.2) is 0 Å². The highest BCUT2D eigenvalue weighted by molar-refractivity contribution is 9.10. The molecule has 0 aliphatic rings. The van der Waals surface area contributed by atoms with Crippen LogP contribution in [0.2, 0.25) is 0 Å². The van der Waals surface area contributed by atoms with E-state index in [2.05, 4.69) is 15.9 Å². The van der Waals surface area contributed by atoms with Crippen LogP contribution in [0.4, 0.5) is 0 Å². The van der Waals surface area contributed by atoms with Crippen molar-refractivity contribution in [1.82, 2.24) is 4.90 Å². The molecule has 0 aliphatic carbocycles. The molecule has 0 aromatic heterocycles. The van der Waals surface area contributed by atoms with Crippen LogP contribution in [-0.2, 0) is 16.1 Å². The molecule has 0 aliphatic heterocycles. The maximum Gasteiger partial charge on any atom is 0.317 e. The van der Waals surface area contributed by atoms with Crippen molar-refractivity contribution in [3.8, 4) is 0 Å². The number of rotatable bonds is 7. The first-order valence-corrected chi connectivity index (χ1v) is 6.09. The number of carboxylic acid groups (broad SMARTS) is 1. The average Bonchev–Trinajstić information content (AvgIpc) is 2.28. The minimum Gasteiger partial charge on any atom is -0.480 e. The van der Waals surface area contributed by atoms with Crippen molar-refractivity contribution in [3.63, 3.8) is 0 Å². The van der Waals surface area contributed by atoms with Crippen LogP contribution in [0.1, 0.15) is 5.56 Å². The lowest BCUT2D eigenvalue weighted by Gasteiger charge is -2.20. The van der Waals surface area contributed by atoms with Gasteiger partial charge in [0.05, 0.1) is 13.2 Å². The van der Waals surface area contributed by atoms with Gasteiger partial charge in [0.2, 0.25) is 0 Å². The maximum absolute atomic E-state index is 10.8. The standard InChI is InChI=1S/C12H16BrNO3/c1-17-7-6-14(9-12(15)16)8-10-4-2-3-5-11(10)13/h2-5H,6-9H2,1H3,(H,15,16). The summed E-state index contributed by atoms with van der Waals surface area (Å²) < 4.78 is 5.97. The second-order valence-corrected chi connectivity index (χ2v) is 4.54. The van der Waals surface area contributed by atoms with Crippen LogP contribution in [0.3, 0.4) is 0 Å². The van der Waals surface area contributed by atoms with E-state index < -0.39 is 5.97 Å². The van der Waals surface area contributed by atoms with E-state index in [0.717, 1.165) is 10.0 Å². The quantitative estimate of drug-likeness (QED) is 0.837. The van der Waals surface area contributed by atoms with Gasteiger partial charge in [-0.1, -0.05) is 34.1 Å². The molecule has 0 amide bonds. The molecule has 0 bridgehead atoms. The highest BCUT2D eigenvalue weighted by Crippen LogP contribution is 2.17. The molecule has 0 unspecified atom stereocenters. The molecular weight excluding hydrogens is 286 g/mol. The van der Waals surface area contributed by atoms with E-state index in [9.17, 15) is 4.79 Å². The van der Waals surface area contributed by atoms with Gasteiger partial charge in [-0.05, 0) is 11.6 Å². The predicted octanol–water partition coefficient (Wildman–Crippen LogP) is 1.98. The van der Waals surface area contributed by atoms with Crippen LogP contribution in [-0.4, -0.2) is 42.8 Å². The zero-order chi connectivity index (χ0) is 12.7. The summed E-state index contributed by atoms with van der Waals surface area (Å²) >= 11 is 3.45. The van der Waals surface area contributed by atoms with Crippen LogP contribution in [0, 0.1) is 0 Å². The van der Waals surface area contributed by atoms with E-state index in [-0.39, 0.29) is 6.54 Å². The summed E-state index contributed by atoms with van der Waals surface area (Å²) in [5.41, 5.74) is 1.07. The van der Waals surface area contributed by atoms with Crippen molar-refractivity contribution in [2.24, 2.45) is 0 Å². The van der Waals surface area contributed by atoms with Crippen molar-refractivity contribution < 1.29 is 14.6 Å². The van der Waals surface area contributed by atoms with Crippen molar-refractivity contribution in [2.75, 3.05) is 26.8 Å². The molecule has 0 saturated heterocycles. The number of ether oxygens (including phenoxy) is 1. The zero-order valence-electron chi connectivity index (χ0n) is 9.73. The number of halogens is 1. The monoisotopic (exact) mass is 301 g/mol. The van der Waals surface area contributed by atoms with E-state index in [1.807, 2.05) is 29.2 Å². The zero-order valence-corrected chi connectivity index (χ0v) is 11.3. The molecule has 17 heavy (non-hydrogen) atoms. The first-order valence-electron chi connectivity index (χ1n) is 5.30. The first-order chi connectivity index (χ1) is 8.13. The largest absolute Gasteiger partial charge is 0.480 e. The number of hydrogen-bond acceptors (Lipinski definition) is 3. The number of benzene rings is 1. The summed E-state index contributed by atoms with van der Waals surface area (Å²) in [6.45, 7) is 1.74. The molecule has 0 atom stereocenters. The van der Waals surface area contributed by atoms with Crippen molar-refractivity contribution in [3.05, 3.63) is 34.3 Å². The van der Waals surface area contributed by atoms with E-state index >= 15 is 0 Å². The molecule has 4 nitrogen and oxygen atoms in total. The van der Waals surface area contributed by atoms with Crippen molar-refractivity contribution >= 4 is 21.9 Å². The van der Waals surface area contributed by atoms with E-state index in [4.69, 9.17) is 9.84 Å². The topological polar surface area (TPSA) is 49.8 Å². The molecule has 1 aromatic carbocycles. The summed E-state index contributed by atoms with van der Waals surface area (Å²) in [5.74, 6) is -0.826. The average molecular weight is 302 g/mol. The minimum absolute atomic E-state index is 0.0185. The molecule has 1 N–H and O–H groups in total. The Bertz CT molecular complexity index is 371. The van der Waals surface area contributed by atoms with Crippen LogP contribution in [0.25, 0.3) is 0 Å². The number of carbonyl (C=O) groups is 1. The van der Waals surface area contributed by atoms with Crippen molar-refractivity contribution in [1.29, 1.82) is 0 Å². The third-order valence-corrected chi connectivity index (χ3v) is 3.10. The summed E-state index contributed by atoms with van der Waals surface area (Å²) in [7, 11) is 1.61.